The van der Waals surface area contributed by atoms with E-state index in [1.54, 1.807) is 39.0 Å². The van der Waals surface area contributed by atoms with Crippen LogP contribution < -0.4 is 10.1 Å². The molecule has 0 aromatic heterocycles. The van der Waals surface area contributed by atoms with Gasteiger partial charge in [0.05, 0.1) is 13.0 Å². The molecule has 1 aromatic rings. The van der Waals surface area contributed by atoms with Crippen molar-refractivity contribution < 1.29 is 19.1 Å². The zero-order valence-corrected chi connectivity index (χ0v) is 13.1. The zero-order valence-electron chi connectivity index (χ0n) is 13.1. The molecule has 1 N–H and O–H groups in total. The van der Waals surface area contributed by atoms with Gasteiger partial charge in [-0.2, -0.15) is 0 Å². The van der Waals surface area contributed by atoms with E-state index in [9.17, 15) is 9.59 Å². The molecule has 5 nitrogen and oxygen atoms in total. The second kappa shape index (κ2) is 7.67. The molecule has 1 amide bonds. The Bertz CT molecular complexity index is 491. The predicted molar refractivity (Wildman–Crippen MR) is 81.3 cm³/mol. The van der Waals surface area contributed by atoms with Crippen molar-refractivity contribution in [2.75, 3.05) is 11.9 Å². The maximum absolute atomic E-state index is 11.8. The van der Waals surface area contributed by atoms with Crippen LogP contribution in [0.1, 0.15) is 40.5 Å². The maximum Gasteiger partial charge on any atom is 0.306 e. The van der Waals surface area contributed by atoms with Gasteiger partial charge in [0.25, 0.3) is 0 Å². The molecule has 1 rings (SSSR count). The number of esters is 1. The Morgan fingerprint density at radius 2 is 1.90 bits per heavy atom. The minimum Gasteiger partial charge on any atom is -0.494 e. The number of amides is 1. The first kappa shape index (κ1) is 17.0. The average molecular weight is 293 g/mol. The van der Waals surface area contributed by atoms with E-state index in [1.165, 1.54) is 0 Å². The van der Waals surface area contributed by atoms with Crippen molar-refractivity contribution in [1.82, 2.24) is 0 Å². The lowest BCUT2D eigenvalue weighted by Gasteiger charge is -2.19. The van der Waals surface area contributed by atoms with E-state index in [4.69, 9.17) is 9.47 Å². The summed E-state index contributed by atoms with van der Waals surface area (Å²) in [5, 5.41) is 2.73. The highest BCUT2D eigenvalue weighted by Crippen LogP contribution is 2.17. The van der Waals surface area contributed by atoms with E-state index in [0.29, 0.717) is 18.0 Å². The maximum atomic E-state index is 11.8. The molecule has 0 aliphatic heterocycles. The Morgan fingerprint density at radius 1 is 1.19 bits per heavy atom. The summed E-state index contributed by atoms with van der Waals surface area (Å²) < 4.78 is 10.5. The number of hydrogen-bond acceptors (Lipinski definition) is 4. The van der Waals surface area contributed by atoms with E-state index < -0.39 is 5.60 Å². The number of rotatable bonds is 6. The molecule has 1 aromatic carbocycles. The first-order valence-electron chi connectivity index (χ1n) is 7.04. The predicted octanol–water partition coefficient (Wildman–Crippen LogP) is 3.15. The Balaban J connectivity index is 2.43. The number of anilines is 1. The summed E-state index contributed by atoms with van der Waals surface area (Å²) in [5.74, 6) is 0.0951. The minimum atomic E-state index is -0.528. The highest BCUT2D eigenvalue weighted by Gasteiger charge is 2.17. The smallest absolute Gasteiger partial charge is 0.306 e. The van der Waals surface area contributed by atoms with Crippen LogP contribution in [0, 0.1) is 0 Å². The first-order valence-corrected chi connectivity index (χ1v) is 7.04. The lowest BCUT2D eigenvalue weighted by atomic mass is 10.2. The Morgan fingerprint density at radius 3 is 2.52 bits per heavy atom. The fourth-order valence-electron chi connectivity index (χ4n) is 1.66. The fourth-order valence-corrected chi connectivity index (χ4v) is 1.66. The summed E-state index contributed by atoms with van der Waals surface area (Å²) in [7, 11) is 0. The van der Waals surface area contributed by atoms with E-state index >= 15 is 0 Å². The number of nitrogens with one attached hydrogen (secondary N) is 1. The SMILES string of the molecule is CCOc1cccc(NC(=O)CCC(=O)OC(C)(C)C)c1. The third kappa shape index (κ3) is 7.34. The van der Waals surface area contributed by atoms with Crippen LogP contribution in [0.5, 0.6) is 5.75 Å². The minimum absolute atomic E-state index is 0.0637. The quantitative estimate of drug-likeness (QED) is 0.818. The normalized spacial score (nSPS) is 10.9. The molecule has 0 radical (unpaired) electrons. The molecule has 5 heteroatoms. The van der Waals surface area contributed by atoms with Crippen molar-refractivity contribution in [2.45, 2.75) is 46.1 Å². The van der Waals surface area contributed by atoms with E-state index in [0.717, 1.165) is 0 Å². The lowest BCUT2D eigenvalue weighted by molar-refractivity contribution is -0.155. The monoisotopic (exact) mass is 293 g/mol. The number of hydrogen-bond donors (Lipinski definition) is 1. The van der Waals surface area contributed by atoms with Gasteiger partial charge in [0.2, 0.25) is 5.91 Å². The van der Waals surface area contributed by atoms with Gasteiger partial charge in [-0.15, -0.1) is 0 Å². The molecule has 0 unspecified atom stereocenters. The zero-order chi connectivity index (χ0) is 15.9. The molecule has 0 aliphatic carbocycles. The standard InChI is InChI=1S/C16H23NO4/c1-5-20-13-8-6-7-12(11-13)17-14(18)9-10-15(19)21-16(2,3)4/h6-8,11H,5,9-10H2,1-4H3,(H,17,18). The second-order valence-corrected chi connectivity index (χ2v) is 5.60. The number of ether oxygens (including phenoxy) is 2. The van der Waals surface area contributed by atoms with Crippen LogP contribution in [0.15, 0.2) is 24.3 Å². The highest BCUT2D eigenvalue weighted by molar-refractivity contribution is 5.92. The summed E-state index contributed by atoms with van der Waals surface area (Å²) in [6.07, 6.45) is 0.155. The van der Waals surface area contributed by atoms with Gasteiger partial charge in [0.15, 0.2) is 0 Å². The van der Waals surface area contributed by atoms with Crippen LogP contribution in [0.3, 0.4) is 0 Å². The molecule has 0 heterocycles. The van der Waals surface area contributed by atoms with E-state index in [1.807, 2.05) is 13.0 Å². The summed E-state index contributed by atoms with van der Waals surface area (Å²) in [4.78, 5) is 23.3. The van der Waals surface area contributed by atoms with Gasteiger partial charge in [-0.1, -0.05) is 6.07 Å². The van der Waals surface area contributed by atoms with Crippen LogP contribution in [0.4, 0.5) is 5.69 Å². The molecule has 116 valence electrons. The van der Waals surface area contributed by atoms with Crippen molar-refractivity contribution in [1.29, 1.82) is 0 Å². The van der Waals surface area contributed by atoms with Crippen LogP contribution in [-0.2, 0) is 14.3 Å². The highest BCUT2D eigenvalue weighted by atomic mass is 16.6. The molecule has 0 spiro atoms. The summed E-state index contributed by atoms with van der Waals surface area (Å²) >= 11 is 0. The van der Waals surface area contributed by atoms with Gasteiger partial charge >= 0.3 is 5.97 Å². The number of benzene rings is 1. The van der Waals surface area contributed by atoms with Crippen LogP contribution >= 0.6 is 0 Å². The second-order valence-electron chi connectivity index (χ2n) is 5.60. The van der Waals surface area contributed by atoms with Crippen LogP contribution in [0.25, 0.3) is 0 Å². The van der Waals surface area contributed by atoms with Crippen molar-refractivity contribution >= 4 is 17.6 Å². The third-order valence-electron chi connectivity index (χ3n) is 2.41. The van der Waals surface area contributed by atoms with Gasteiger partial charge in [-0.3, -0.25) is 9.59 Å². The molecular weight excluding hydrogens is 270 g/mol. The Hall–Kier alpha value is -2.04. The fraction of sp³-hybridized carbons (Fsp3) is 0.500. The van der Waals surface area contributed by atoms with Crippen molar-refractivity contribution in [3.63, 3.8) is 0 Å². The van der Waals surface area contributed by atoms with Gasteiger partial charge in [0, 0.05) is 18.2 Å². The Labute approximate surface area is 125 Å². The summed E-state index contributed by atoms with van der Waals surface area (Å²) in [6.45, 7) is 7.85. The molecule has 21 heavy (non-hydrogen) atoms. The lowest BCUT2D eigenvalue weighted by Crippen LogP contribution is -2.24. The molecular formula is C16H23NO4. The molecule has 0 saturated carbocycles. The van der Waals surface area contributed by atoms with E-state index in [-0.39, 0.29) is 24.7 Å². The topological polar surface area (TPSA) is 64.6 Å². The summed E-state index contributed by atoms with van der Waals surface area (Å²) in [6, 6.07) is 7.14. The van der Waals surface area contributed by atoms with Crippen LogP contribution in [0.2, 0.25) is 0 Å². The van der Waals surface area contributed by atoms with Crippen molar-refractivity contribution in [3.05, 3.63) is 24.3 Å². The molecule has 0 saturated heterocycles. The van der Waals surface area contributed by atoms with Gasteiger partial charge < -0.3 is 14.8 Å². The van der Waals surface area contributed by atoms with E-state index in [2.05, 4.69) is 5.32 Å². The molecule has 0 aliphatic rings. The van der Waals surface area contributed by atoms with Gasteiger partial charge in [-0.25, -0.2) is 0 Å². The average Bonchev–Trinajstić information content (AvgIpc) is 2.35. The third-order valence-corrected chi connectivity index (χ3v) is 2.41. The number of carbonyl (C=O) groups is 2. The van der Waals surface area contributed by atoms with Gasteiger partial charge in [-0.05, 0) is 39.8 Å². The summed E-state index contributed by atoms with van der Waals surface area (Å²) in [5.41, 5.74) is 0.120. The van der Waals surface area contributed by atoms with Crippen molar-refractivity contribution in [2.24, 2.45) is 0 Å². The first-order chi connectivity index (χ1) is 9.80. The molecule has 0 bridgehead atoms. The largest absolute Gasteiger partial charge is 0.494 e. The van der Waals surface area contributed by atoms with Gasteiger partial charge in [0.1, 0.15) is 11.4 Å². The molecule has 0 atom stereocenters. The van der Waals surface area contributed by atoms with Crippen molar-refractivity contribution in [3.8, 4) is 5.75 Å². The molecule has 0 fully saturated rings. The van der Waals surface area contributed by atoms with Crippen LogP contribution in [-0.4, -0.2) is 24.1 Å². The Kier molecular flexibility index (Phi) is 6.21. The number of carbonyl (C=O) groups excluding carboxylic acids is 2.